The SMILES string of the molecule is C/C(=C/c1ccnc(N2CCC(CNCc3cc(-c4ccsc4)cs3)CC2)n1)SC(=O)NC=O. The van der Waals surface area contributed by atoms with Crippen LogP contribution in [0.4, 0.5) is 10.7 Å². The van der Waals surface area contributed by atoms with Crippen molar-refractivity contribution >= 4 is 58.1 Å². The molecule has 0 atom stereocenters. The summed E-state index contributed by atoms with van der Waals surface area (Å²) in [6, 6.07) is 6.27. The lowest BCUT2D eigenvalue weighted by molar-refractivity contribution is -0.108. The number of nitrogens with zero attached hydrogens (tertiary/aromatic N) is 3. The monoisotopic (exact) mass is 513 g/mol. The van der Waals surface area contributed by atoms with Crippen LogP contribution in [-0.2, 0) is 11.3 Å². The maximum absolute atomic E-state index is 11.5. The summed E-state index contributed by atoms with van der Waals surface area (Å²) in [4.78, 5) is 35.3. The van der Waals surface area contributed by atoms with Crippen LogP contribution in [0.1, 0.15) is 30.3 Å². The van der Waals surface area contributed by atoms with Gasteiger partial charge in [-0.05, 0) is 100 Å². The molecule has 4 heterocycles. The molecule has 0 unspecified atom stereocenters. The second kappa shape index (κ2) is 12.3. The fourth-order valence-corrected chi connectivity index (χ4v) is 5.95. The summed E-state index contributed by atoms with van der Waals surface area (Å²) >= 11 is 4.52. The molecule has 178 valence electrons. The number of carbonyl (C=O) groups is 2. The Balaban J connectivity index is 1.22. The van der Waals surface area contributed by atoms with E-state index in [4.69, 9.17) is 0 Å². The maximum atomic E-state index is 11.5. The molecule has 34 heavy (non-hydrogen) atoms. The van der Waals surface area contributed by atoms with Gasteiger partial charge in [-0.15, -0.1) is 11.3 Å². The standard InChI is InChI=1S/C24H27N5O2S3/c1-17(34-24(31)27-16-30)10-21-2-6-26-23(28-21)29-7-3-18(4-8-29)12-25-13-22-11-20(15-33-22)19-5-9-32-14-19/h2,5-6,9-11,14-16,18,25H,3-4,7-8,12-13H2,1H3,(H,27,30,31)/b17-10-. The van der Waals surface area contributed by atoms with E-state index in [0.29, 0.717) is 12.3 Å². The largest absolute Gasteiger partial charge is 0.341 e. The first kappa shape index (κ1) is 24.6. The number of imide groups is 1. The van der Waals surface area contributed by atoms with Gasteiger partial charge in [0, 0.05) is 30.7 Å². The van der Waals surface area contributed by atoms with Crippen molar-refractivity contribution in [3.8, 4) is 11.1 Å². The number of thioether (sulfide) groups is 1. The molecule has 10 heteroatoms. The molecular weight excluding hydrogens is 486 g/mol. The third kappa shape index (κ3) is 6.99. The first-order chi connectivity index (χ1) is 16.6. The van der Waals surface area contributed by atoms with E-state index in [9.17, 15) is 9.59 Å². The van der Waals surface area contributed by atoms with Crippen LogP contribution in [0, 0.1) is 5.92 Å². The topological polar surface area (TPSA) is 87.2 Å². The Bertz CT molecular complexity index is 1120. The lowest BCUT2D eigenvalue weighted by Gasteiger charge is -2.32. The van der Waals surface area contributed by atoms with E-state index in [0.717, 1.165) is 67.3 Å². The molecule has 1 aliphatic rings. The summed E-state index contributed by atoms with van der Waals surface area (Å²) < 4.78 is 0. The highest BCUT2D eigenvalue weighted by atomic mass is 32.2. The molecule has 0 aromatic carbocycles. The number of thiophene rings is 2. The van der Waals surface area contributed by atoms with Crippen LogP contribution in [0.5, 0.6) is 0 Å². The van der Waals surface area contributed by atoms with Crippen LogP contribution >= 0.6 is 34.4 Å². The zero-order chi connectivity index (χ0) is 23.8. The van der Waals surface area contributed by atoms with Crippen molar-refractivity contribution in [1.29, 1.82) is 0 Å². The van der Waals surface area contributed by atoms with Gasteiger partial charge in [0.05, 0.1) is 5.69 Å². The lowest BCUT2D eigenvalue weighted by Crippen LogP contribution is -2.38. The summed E-state index contributed by atoms with van der Waals surface area (Å²) in [5.41, 5.74) is 3.36. The Morgan fingerprint density at radius 2 is 2.12 bits per heavy atom. The first-order valence-electron chi connectivity index (χ1n) is 11.1. The fourth-order valence-electron chi connectivity index (χ4n) is 3.85. The minimum Gasteiger partial charge on any atom is -0.341 e. The molecule has 2 N–H and O–H groups in total. The van der Waals surface area contributed by atoms with E-state index in [-0.39, 0.29) is 0 Å². The molecule has 0 bridgehead atoms. The first-order valence-corrected chi connectivity index (χ1v) is 13.7. The van der Waals surface area contributed by atoms with Crippen molar-refractivity contribution in [2.24, 2.45) is 5.92 Å². The average Bonchev–Trinajstić information content (AvgIpc) is 3.52. The molecule has 0 radical (unpaired) electrons. The van der Waals surface area contributed by atoms with Gasteiger partial charge < -0.3 is 10.2 Å². The van der Waals surface area contributed by atoms with Crippen LogP contribution in [-0.4, -0.2) is 41.3 Å². The van der Waals surface area contributed by atoms with Crippen molar-refractivity contribution < 1.29 is 9.59 Å². The second-order valence-corrected chi connectivity index (χ2v) is 11.1. The van der Waals surface area contributed by atoms with Gasteiger partial charge in [-0.3, -0.25) is 14.9 Å². The van der Waals surface area contributed by atoms with Gasteiger partial charge in [0.2, 0.25) is 12.4 Å². The van der Waals surface area contributed by atoms with Gasteiger partial charge in [-0.2, -0.15) is 11.3 Å². The van der Waals surface area contributed by atoms with Crippen LogP contribution in [0.25, 0.3) is 17.2 Å². The quantitative estimate of drug-likeness (QED) is 0.379. The van der Waals surface area contributed by atoms with E-state index < -0.39 is 5.24 Å². The van der Waals surface area contributed by atoms with Crippen LogP contribution in [0.3, 0.4) is 0 Å². The van der Waals surface area contributed by atoms with Crippen molar-refractivity contribution in [2.45, 2.75) is 26.3 Å². The molecule has 0 spiro atoms. The number of hydrogen-bond acceptors (Lipinski definition) is 9. The van der Waals surface area contributed by atoms with Crippen molar-refractivity contribution in [3.05, 3.63) is 56.0 Å². The van der Waals surface area contributed by atoms with E-state index in [1.54, 1.807) is 17.5 Å². The van der Waals surface area contributed by atoms with Gasteiger partial charge in [-0.1, -0.05) is 0 Å². The summed E-state index contributed by atoms with van der Waals surface area (Å²) in [6.45, 7) is 5.60. The molecule has 0 saturated carbocycles. The normalized spacial score (nSPS) is 14.9. The minimum atomic E-state index is -0.407. The molecule has 1 aliphatic heterocycles. The van der Waals surface area contributed by atoms with Crippen LogP contribution in [0.15, 0.2) is 45.4 Å². The number of rotatable bonds is 9. The zero-order valence-corrected chi connectivity index (χ0v) is 21.3. The highest BCUT2D eigenvalue weighted by Gasteiger charge is 2.21. The van der Waals surface area contributed by atoms with E-state index in [1.807, 2.05) is 30.4 Å². The highest BCUT2D eigenvalue weighted by Crippen LogP contribution is 2.27. The molecule has 4 rings (SSSR count). The molecule has 1 fully saturated rings. The number of allylic oxidation sites excluding steroid dienone is 1. The van der Waals surface area contributed by atoms with Gasteiger partial charge in [-0.25, -0.2) is 9.97 Å². The van der Waals surface area contributed by atoms with Crippen molar-refractivity contribution in [2.75, 3.05) is 24.5 Å². The van der Waals surface area contributed by atoms with Gasteiger partial charge in [0.15, 0.2) is 0 Å². The Hall–Kier alpha value is -2.53. The van der Waals surface area contributed by atoms with Crippen molar-refractivity contribution in [1.82, 2.24) is 20.6 Å². The maximum Gasteiger partial charge on any atom is 0.289 e. The molecule has 2 amide bonds. The van der Waals surface area contributed by atoms with Gasteiger partial charge >= 0.3 is 0 Å². The molecule has 1 saturated heterocycles. The molecule has 3 aromatic heterocycles. The third-order valence-corrected chi connectivity index (χ3v) is 7.95. The Labute approximate surface area is 211 Å². The zero-order valence-electron chi connectivity index (χ0n) is 18.9. The third-order valence-electron chi connectivity index (χ3n) is 5.58. The number of hydrogen-bond donors (Lipinski definition) is 2. The van der Waals surface area contributed by atoms with Gasteiger partial charge in [0.25, 0.3) is 5.24 Å². The van der Waals surface area contributed by atoms with E-state index >= 15 is 0 Å². The summed E-state index contributed by atoms with van der Waals surface area (Å²) in [5, 5.41) is 11.9. The van der Waals surface area contributed by atoms with E-state index in [2.05, 4.69) is 53.8 Å². The minimum absolute atomic E-state index is 0.384. The van der Waals surface area contributed by atoms with Crippen molar-refractivity contribution in [3.63, 3.8) is 0 Å². The predicted octanol–water partition coefficient (Wildman–Crippen LogP) is 5.23. The number of anilines is 1. The molecule has 3 aromatic rings. The smallest absolute Gasteiger partial charge is 0.289 e. The molecule has 0 aliphatic carbocycles. The van der Waals surface area contributed by atoms with E-state index in [1.165, 1.54) is 16.0 Å². The summed E-state index contributed by atoms with van der Waals surface area (Å²) in [6.07, 6.45) is 6.15. The lowest BCUT2D eigenvalue weighted by atomic mass is 9.97. The highest BCUT2D eigenvalue weighted by molar-refractivity contribution is 8.17. The molecular formula is C24H27N5O2S3. The predicted molar refractivity (Wildman–Crippen MR) is 142 cm³/mol. The van der Waals surface area contributed by atoms with Crippen LogP contribution < -0.4 is 15.5 Å². The van der Waals surface area contributed by atoms with Gasteiger partial charge in [0.1, 0.15) is 0 Å². The Kier molecular flexibility index (Phi) is 8.86. The van der Waals surface area contributed by atoms with Crippen LogP contribution in [0.2, 0.25) is 0 Å². The number of carbonyl (C=O) groups excluding carboxylic acids is 2. The number of nitrogens with one attached hydrogen (secondary N) is 2. The Morgan fingerprint density at radius 3 is 2.88 bits per heavy atom. The number of aromatic nitrogens is 2. The summed E-state index contributed by atoms with van der Waals surface area (Å²) in [5.74, 6) is 1.36. The average molecular weight is 514 g/mol. The molecule has 7 nitrogen and oxygen atoms in total. The summed E-state index contributed by atoms with van der Waals surface area (Å²) in [7, 11) is 0. The number of piperidine rings is 1. The number of amides is 2. The second-order valence-electron chi connectivity index (χ2n) is 8.06. The fraction of sp³-hybridized carbons (Fsp3) is 0.333. The Morgan fingerprint density at radius 1 is 1.26 bits per heavy atom.